The Morgan fingerprint density at radius 3 is 2.59 bits per heavy atom. The van der Waals surface area contributed by atoms with Crippen molar-refractivity contribution in [3.05, 3.63) is 36.9 Å². The van der Waals surface area contributed by atoms with Gasteiger partial charge in [-0.3, -0.25) is 4.79 Å². The van der Waals surface area contributed by atoms with Gasteiger partial charge in [0, 0.05) is 12.2 Å². The van der Waals surface area contributed by atoms with Crippen LogP contribution in [0.25, 0.3) is 0 Å². The maximum Gasteiger partial charge on any atom is 0.278 e. The Kier molecular flexibility index (Phi) is 5.83. The van der Waals surface area contributed by atoms with Crippen molar-refractivity contribution < 1.29 is 14.4 Å². The van der Waals surface area contributed by atoms with Gasteiger partial charge in [-0.05, 0) is 31.2 Å². The summed E-state index contributed by atoms with van der Waals surface area (Å²) < 4.78 is 5.19. The Labute approximate surface area is 132 Å². The molecule has 1 aromatic rings. The highest BCUT2D eigenvalue weighted by atomic mass is 16.5. The normalized spacial score (nSPS) is 16.9. The fraction of sp³-hybridized carbons (Fsp3) is 0.471. The lowest BCUT2D eigenvalue weighted by Crippen LogP contribution is -3.19. The second-order valence-corrected chi connectivity index (χ2v) is 5.60. The Hall–Kier alpha value is -2.01. The van der Waals surface area contributed by atoms with Gasteiger partial charge in [-0.2, -0.15) is 0 Å². The molecule has 0 bridgehead atoms. The molecule has 0 unspecified atom stereocenters. The molecule has 1 aliphatic rings. The highest BCUT2D eigenvalue weighted by Crippen LogP contribution is 2.18. The van der Waals surface area contributed by atoms with Crippen molar-refractivity contribution in [1.29, 1.82) is 0 Å². The summed E-state index contributed by atoms with van der Waals surface area (Å²) in [6.45, 7) is 10.0. The van der Waals surface area contributed by atoms with E-state index in [0.717, 1.165) is 31.9 Å². The zero-order valence-electron chi connectivity index (χ0n) is 13.5. The molecule has 0 saturated carbocycles. The molecule has 5 nitrogen and oxygen atoms in total. The second kappa shape index (κ2) is 7.84. The van der Waals surface area contributed by atoms with E-state index in [1.807, 2.05) is 19.1 Å². The van der Waals surface area contributed by atoms with Crippen LogP contribution >= 0.6 is 0 Å². The number of rotatable bonds is 6. The quantitative estimate of drug-likeness (QED) is 0.732. The fourth-order valence-electron chi connectivity index (χ4n) is 2.79. The number of hydrogen-bond acceptors (Lipinski definition) is 3. The predicted octanol–water partition coefficient (Wildman–Crippen LogP) is 0.0908. The lowest BCUT2D eigenvalue weighted by atomic mass is 10.2. The Morgan fingerprint density at radius 1 is 1.41 bits per heavy atom. The summed E-state index contributed by atoms with van der Waals surface area (Å²) in [6, 6.07) is 8.13. The highest BCUT2D eigenvalue weighted by molar-refractivity contribution is 5.80. The van der Waals surface area contributed by atoms with Crippen molar-refractivity contribution in [3.8, 4) is 5.75 Å². The van der Waals surface area contributed by atoms with Crippen LogP contribution in [0, 0.1) is 0 Å². The minimum atomic E-state index is -0.0158. The third-order valence-corrected chi connectivity index (χ3v) is 4.27. The zero-order valence-corrected chi connectivity index (χ0v) is 13.5. The van der Waals surface area contributed by atoms with Crippen molar-refractivity contribution >= 4 is 11.6 Å². The fourth-order valence-corrected chi connectivity index (χ4v) is 2.79. The first-order valence-corrected chi connectivity index (χ1v) is 7.78. The maximum atomic E-state index is 12.0. The number of ether oxygens (including phenoxy) is 1. The predicted molar refractivity (Wildman–Crippen MR) is 88.6 cm³/mol. The van der Waals surface area contributed by atoms with E-state index in [1.54, 1.807) is 13.2 Å². The Morgan fingerprint density at radius 2 is 2.05 bits per heavy atom. The van der Waals surface area contributed by atoms with Crippen molar-refractivity contribution in [2.24, 2.45) is 0 Å². The van der Waals surface area contributed by atoms with Crippen LogP contribution in [0.15, 0.2) is 36.9 Å². The van der Waals surface area contributed by atoms with E-state index in [2.05, 4.69) is 28.9 Å². The van der Waals surface area contributed by atoms with Gasteiger partial charge in [0.25, 0.3) is 5.91 Å². The molecule has 0 radical (unpaired) electrons. The molecule has 0 spiro atoms. The van der Waals surface area contributed by atoms with Gasteiger partial charge in [0.05, 0.1) is 33.3 Å². The number of carbonyl (C=O) groups is 1. The first-order chi connectivity index (χ1) is 10.7. The van der Waals surface area contributed by atoms with Gasteiger partial charge in [0.15, 0.2) is 6.04 Å². The first-order valence-electron chi connectivity index (χ1n) is 7.78. The molecule has 1 saturated heterocycles. The summed E-state index contributed by atoms with van der Waals surface area (Å²) >= 11 is 0. The molecule has 1 heterocycles. The summed E-state index contributed by atoms with van der Waals surface area (Å²) in [5.74, 6) is 0.980. The first kappa shape index (κ1) is 16.4. The number of piperazine rings is 1. The number of carbonyl (C=O) groups excluding carboxylic acids is 1. The molecule has 2 N–H and O–H groups in total. The van der Waals surface area contributed by atoms with Gasteiger partial charge < -0.3 is 19.9 Å². The van der Waals surface area contributed by atoms with E-state index in [-0.39, 0.29) is 11.9 Å². The van der Waals surface area contributed by atoms with Crippen LogP contribution in [0.4, 0.5) is 5.69 Å². The van der Waals surface area contributed by atoms with Gasteiger partial charge in [-0.25, -0.2) is 0 Å². The summed E-state index contributed by atoms with van der Waals surface area (Å²) in [4.78, 5) is 15.7. The summed E-state index contributed by atoms with van der Waals surface area (Å²) in [5.41, 5.74) is 1.21. The monoisotopic (exact) mass is 304 g/mol. The van der Waals surface area contributed by atoms with Gasteiger partial charge in [-0.15, -0.1) is 6.58 Å². The Balaban J connectivity index is 1.86. The molecule has 5 heteroatoms. The van der Waals surface area contributed by atoms with Gasteiger partial charge in [0.1, 0.15) is 5.75 Å². The van der Waals surface area contributed by atoms with E-state index in [0.29, 0.717) is 6.54 Å². The summed E-state index contributed by atoms with van der Waals surface area (Å²) in [7, 11) is 1.68. The number of benzene rings is 1. The average Bonchev–Trinajstić information content (AvgIpc) is 2.59. The minimum Gasteiger partial charge on any atom is -0.497 e. The third kappa shape index (κ3) is 4.01. The standard InChI is InChI=1S/C17H25N3O2/c1-4-9-18-17(21)14(2)19-10-12-20(13-11-19)15-5-7-16(22-3)8-6-15/h4-8,14H,1,9-13H2,2-3H3,(H,18,21)/p+1/t14-/m1/s1. The van der Waals surface area contributed by atoms with E-state index in [9.17, 15) is 4.79 Å². The van der Waals surface area contributed by atoms with Crippen LogP contribution in [-0.2, 0) is 4.79 Å². The molecule has 0 aromatic heterocycles. The molecule has 22 heavy (non-hydrogen) atoms. The molecule has 1 fully saturated rings. The average molecular weight is 304 g/mol. The van der Waals surface area contributed by atoms with E-state index in [1.165, 1.54) is 10.6 Å². The number of nitrogens with one attached hydrogen (secondary N) is 2. The minimum absolute atomic E-state index is 0.0158. The lowest BCUT2D eigenvalue weighted by Gasteiger charge is -2.36. The lowest BCUT2D eigenvalue weighted by molar-refractivity contribution is -0.914. The van der Waals surface area contributed by atoms with Crippen LogP contribution < -0.4 is 19.9 Å². The largest absolute Gasteiger partial charge is 0.497 e. The van der Waals surface area contributed by atoms with Crippen molar-refractivity contribution in [1.82, 2.24) is 5.32 Å². The SMILES string of the molecule is C=CCNC(=O)[C@@H](C)[NH+]1CCN(c2ccc(OC)cc2)CC1. The van der Waals surface area contributed by atoms with Crippen LogP contribution in [0.2, 0.25) is 0 Å². The van der Waals surface area contributed by atoms with Crippen molar-refractivity contribution in [2.75, 3.05) is 44.7 Å². The Bertz CT molecular complexity index is 493. The molecule has 1 aliphatic heterocycles. The number of amides is 1. The van der Waals surface area contributed by atoms with Crippen molar-refractivity contribution in [2.45, 2.75) is 13.0 Å². The topological polar surface area (TPSA) is 46.0 Å². The van der Waals surface area contributed by atoms with Gasteiger partial charge in [-0.1, -0.05) is 6.08 Å². The number of anilines is 1. The zero-order chi connectivity index (χ0) is 15.9. The molecule has 2 rings (SSSR count). The molecule has 1 amide bonds. The summed E-state index contributed by atoms with van der Waals surface area (Å²) in [6.07, 6.45) is 1.71. The summed E-state index contributed by atoms with van der Waals surface area (Å²) in [5, 5.41) is 2.88. The molecule has 1 atom stereocenters. The second-order valence-electron chi connectivity index (χ2n) is 5.60. The molecule has 120 valence electrons. The van der Waals surface area contributed by atoms with Crippen LogP contribution in [0.5, 0.6) is 5.75 Å². The van der Waals surface area contributed by atoms with E-state index < -0.39 is 0 Å². The van der Waals surface area contributed by atoms with Crippen LogP contribution in [0.3, 0.4) is 0 Å². The number of hydrogen-bond donors (Lipinski definition) is 2. The molecule has 1 aromatic carbocycles. The van der Waals surface area contributed by atoms with Crippen LogP contribution in [-0.4, -0.2) is 51.8 Å². The van der Waals surface area contributed by atoms with E-state index >= 15 is 0 Å². The maximum absolute atomic E-state index is 12.0. The van der Waals surface area contributed by atoms with Crippen molar-refractivity contribution in [3.63, 3.8) is 0 Å². The van der Waals surface area contributed by atoms with Gasteiger partial charge in [0.2, 0.25) is 0 Å². The molecule has 0 aliphatic carbocycles. The number of quaternary nitrogens is 1. The van der Waals surface area contributed by atoms with Crippen LogP contribution in [0.1, 0.15) is 6.92 Å². The van der Waals surface area contributed by atoms with E-state index in [4.69, 9.17) is 4.74 Å². The van der Waals surface area contributed by atoms with Gasteiger partial charge >= 0.3 is 0 Å². The molecular weight excluding hydrogens is 278 g/mol. The molecular formula is C17H26N3O2+. The smallest absolute Gasteiger partial charge is 0.278 e. The number of nitrogens with zero attached hydrogens (tertiary/aromatic N) is 1. The third-order valence-electron chi connectivity index (χ3n) is 4.27. The number of methoxy groups -OCH3 is 1. The highest BCUT2D eigenvalue weighted by Gasteiger charge is 2.28.